The number of rotatable bonds is 3. The zero-order valence-electron chi connectivity index (χ0n) is 9.45. The van der Waals surface area contributed by atoms with Gasteiger partial charge in [-0.3, -0.25) is 0 Å². The first-order chi connectivity index (χ1) is 7.66. The second-order valence-electron chi connectivity index (χ2n) is 4.73. The van der Waals surface area contributed by atoms with Crippen LogP contribution in [0.3, 0.4) is 0 Å². The summed E-state index contributed by atoms with van der Waals surface area (Å²) >= 11 is 5.89. The minimum atomic E-state index is -0.374. The first kappa shape index (κ1) is 11.9. The van der Waals surface area contributed by atoms with Crippen LogP contribution in [0.5, 0.6) is 0 Å². The van der Waals surface area contributed by atoms with Crippen molar-refractivity contribution >= 4 is 11.6 Å². The van der Waals surface area contributed by atoms with E-state index in [0.29, 0.717) is 12.5 Å². The Morgan fingerprint density at radius 1 is 1.19 bits per heavy atom. The van der Waals surface area contributed by atoms with Gasteiger partial charge in [-0.15, -0.1) is 0 Å². The molecule has 1 saturated carbocycles. The zero-order valence-corrected chi connectivity index (χ0v) is 10.2. The molecule has 1 fully saturated rings. The van der Waals surface area contributed by atoms with Gasteiger partial charge in [0.05, 0.1) is 5.54 Å². The molecular formula is C13H19ClN2. The lowest BCUT2D eigenvalue weighted by Crippen LogP contribution is -2.49. The highest BCUT2D eigenvalue weighted by atomic mass is 35.5. The van der Waals surface area contributed by atoms with E-state index >= 15 is 0 Å². The molecule has 1 unspecified atom stereocenters. The Hall–Kier alpha value is -0.570. The molecule has 4 N–H and O–H groups in total. The van der Waals surface area contributed by atoms with Gasteiger partial charge in [-0.1, -0.05) is 36.6 Å². The van der Waals surface area contributed by atoms with Gasteiger partial charge < -0.3 is 11.5 Å². The van der Waals surface area contributed by atoms with E-state index in [4.69, 9.17) is 23.1 Å². The van der Waals surface area contributed by atoms with Crippen LogP contribution in [0.1, 0.15) is 31.2 Å². The second kappa shape index (κ2) is 4.74. The summed E-state index contributed by atoms with van der Waals surface area (Å²) in [5.41, 5.74) is 13.1. The van der Waals surface area contributed by atoms with Crippen molar-refractivity contribution < 1.29 is 0 Å². The molecule has 1 aliphatic carbocycles. The average Bonchev–Trinajstić information content (AvgIpc) is 2.83. The first-order valence-corrected chi connectivity index (χ1v) is 6.29. The molecule has 1 aliphatic rings. The third-order valence-electron chi connectivity index (χ3n) is 3.80. The van der Waals surface area contributed by atoms with Crippen LogP contribution in [0.4, 0.5) is 0 Å². The second-order valence-corrected chi connectivity index (χ2v) is 5.17. The largest absolute Gasteiger partial charge is 0.328 e. The van der Waals surface area contributed by atoms with Crippen molar-refractivity contribution in [3.63, 3.8) is 0 Å². The summed E-state index contributed by atoms with van der Waals surface area (Å²) in [7, 11) is 0. The summed E-state index contributed by atoms with van der Waals surface area (Å²) in [6.45, 7) is 0.499. The van der Waals surface area contributed by atoms with Crippen LogP contribution in [0.25, 0.3) is 0 Å². The molecule has 1 aromatic rings. The molecule has 0 amide bonds. The third-order valence-corrected chi connectivity index (χ3v) is 4.06. The number of hydrogen-bond acceptors (Lipinski definition) is 2. The minimum absolute atomic E-state index is 0.374. The molecule has 0 saturated heterocycles. The Bertz CT molecular complexity index is 343. The number of halogens is 1. The zero-order chi connectivity index (χ0) is 11.6. The maximum atomic E-state index is 6.51. The fourth-order valence-corrected chi connectivity index (χ4v) is 2.85. The van der Waals surface area contributed by atoms with Crippen LogP contribution in [0, 0.1) is 5.92 Å². The first-order valence-electron chi connectivity index (χ1n) is 5.92. The van der Waals surface area contributed by atoms with Gasteiger partial charge in [0.1, 0.15) is 0 Å². The normalized spacial score (nSPS) is 20.9. The van der Waals surface area contributed by atoms with Crippen molar-refractivity contribution in [1.82, 2.24) is 0 Å². The van der Waals surface area contributed by atoms with Gasteiger partial charge in [0.2, 0.25) is 0 Å². The SMILES string of the molecule is NCC(N)(c1ccc(Cl)cc1)C1CCCC1. The fourth-order valence-electron chi connectivity index (χ4n) is 2.72. The van der Waals surface area contributed by atoms with Gasteiger partial charge in [-0.2, -0.15) is 0 Å². The van der Waals surface area contributed by atoms with E-state index in [1.54, 1.807) is 0 Å². The predicted octanol–water partition coefficient (Wildman–Crippen LogP) is 2.64. The van der Waals surface area contributed by atoms with Crippen LogP contribution in [0.15, 0.2) is 24.3 Å². The van der Waals surface area contributed by atoms with Crippen molar-refractivity contribution in [2.45, 2.75) is 31.2 Å². The van der Waals surface area contributed by atoms with Crippen LogP contribution in [0.2, 0.25) is 5.02 Å². The van der Waals surface area contributed by atoms with Gasteiger partial charge in [-0.05, 0) is 36.5 Å². The fraction of sp³-hybridized carbons (Fsp3) is 0.538. The van der Waals surface area contributed by atoms with Crippen molar-refractivity contribution in [3.05, 3.63) is 34.9 Å². The van der Waals surface area contributed by atoms with Crippen LogP contribution in [-0.4, -0.2) is 6.54 Å². The Morgan fingerprint density at radius 2 is 1.75 bits per heavy atom. The molecule has 3 heteroatoms. The maximum absolute atomic E-state index is 6.51. The van der Waals surface area contributed by atoms with E-state index < -0.39 is 0 Å². The molecule has 0 heterocycles. The summed E-state index contributed by atoms with van der Waals surface area (Å²) in [6, 6.07) is 7.80. The van der Waals surface area contributed by atoms with Crippen LogP contribution in [-0.2, 0) is 5.54 Å². The Labute approximate surface area is 102 Å². The number of nitrogens with two attached hydrogens (primary N) is 2. The molecule has 0 spiro atoms. The van der Waals surface area contributed by atoms with E-state index in [2.05, 4.69) is 0 Å². The average molecular weight is 239 g/mol. The number of benzene rings is 1. The van der Waals surface area contributed by atoms with Crippen molar-refractivity contribution in [2.75, 3.05) is 6.54 Å². The van der Waals surface area contributed by atoms with Crippen molar-refractivity contribution in [2.24, 2.45) is 17.4 Å². The maximum Gasteiger partial charge on any atom is 0.0562 e. The van der Waals surface area contributed by atoms with Crippen molar-refractivity contribution in [3.8, 4) is 0 Å². The molecule has 88 valence electrons. The van der Waals surface area contributed by atoms with Crippen LogP contribution >= 0.6 is 11.6 Å². The molecular weight excluding hydrogens is 220 g/mol. The standard InChI is InChI=1S/C13H19ClN2/c14-12-7-5-11(6-8-12)13(16,9-15)10-3-1-2-4-10/h5-8,10H,1-4,9,15-16H2. The van der Waals surface area contributed by atoms with E-state index in [0.717, 1.165) is 10.6 Å². The molecule has 1 atom stereocenters. The minimum Gasteiger partial charge on any atom is -0.328 e. The summed E-state index contributed by atoms with van der Waals surface area (Å²) in [5, 5.41) is 0.745. The summed E-state index contributed by atoms with van der Waals surface area (Å²) in [5.74, 6) is 0.513. The lowest BCUT2D eigenvalue weighted by molar-refractivity contribution is 0.287. The monoisotopic (exact) mass is 238 g/mol. The van der Waals surface area contributed by atoms with Gasteiger partial charge >= 0.3 is 0 Å². The molecule has 2 nitrogen and oxygen atoms in total. The Kier molecular flexibility index (Phi) is 3.53. The Morgan fingerprint density at radius 3 is 2.25 bits per heavy atom. The van der Waals surface area contributed by atoms with E-state index in [-0.39, 0.29) is 5.54 Å². The molecule has 0 aromatic heterocycles. The summed E-state index contributed by atoms with van der Waals surface area (Å²) in [4.78, 5) is 0. The topological polar surface area (TPSA) is 52.0 Å². The predicted molar refractivity (Wildman–Crippen MR) is 68.3 cm³/mol. The van der Waals surface area contributed by atoms with Gasteiger partial charge in [0.25, 0.3) is 0 Å². The van der Waals surface area contributed by atoms with E-state index in [1.807, 2.05) is 24.3 Å². The highest BCUT2D eigenvalue weighted by Gasteiger charge is 2.36. The molecule has 0 bridgehead atoms. The van der Waals surface area contributed by atoms with Gasteiger partial charge in [-0.25, -0.2) is 0 Å². The molecule has 0 radical (unpaired) electrons. The third kappa shape index (κ3) is 2.10. The molecule has 1 aromatic carbocycles. The van der Waals surface area contributed by atoms with Crippen LogP contribution < -0.4 is 11.5 Å². The van der Waals surface area contributed by atoms with Gasteiger partial charge in [0, 0.05) is 11.6 Å². The van der Waals surface area contributed by atoms with E-state index in [1.165, 1.54) is 25.7 Å². The number of hydrogen-bond donors (Lipinski definition) is 2. The molecule has 0 aliphatic heterocycles. The molecule has 2 rings (SSSR count). The summed E-state index contributed by atoms with van der Waals surface area (Å²) in [6.07, 6.45) is 4.93. The van der Waals surface area contributed by atoms with Gasteiger partial charge in [0.15, 0.2) is 0 Å². The smallest absolute Gasteiger partial charge is 0.0562 e. The highest BCUT2D eigenvalue weighted by Crippen LogP contribution is 2.38. The summed E-state index contributed by atoms with van der Waals surface area (Å²) < 4.78 is 0. The quantitative estimate of drug-likeness (QED) is 0.851. The Balaban J connectivity index is 2.29. The lowest BCUT2D eigenvalue weighted by Gasteiger charge is -2.35. The lowest BCUT2D eigenvalue weighted by atomic mass is 9.78. The van der Waals surface area contributed by atoms with Crippen molar-refractivity contribution in [1.29, 1.82) is 0 Å². The highest BCUT2D eigenvalue weighted by molar-refractivity contribution is 6.30. The molecule has 16 heavy (non-hydrogen) atoms. The van der Waals surface area contributed by atoms with E-state index in [9.17, 15) is 0 Å².